The maximum Gasteiger partial charge on any atom is 0.0600 e. The number of nitrogens with zero attached hydrogens (tertiary/aromatic N) is 1. The van der Waals surface area contributed by atoms with Crippen LogP contribution in [0.15, 0.2) is 18.2 Å². The molecule has 0 aromatic heterocycles. The van der Waals surface area contributed by atoms with Gasteiger partial charge in [-0.1, -0.05) is 19.1 Å². The molecule has 13 heavy (non-hydrogen) atoms. The second-order valence-electron chi connectivity index (χ2n) is 3.43. The molecule has 0 saturated carbocycles. The smallest absolute Gasteiger partial charge is 0.0600 e. The maximum atomic E-state index is 5.97. The van der Waals surface area contributed by atoms with Crippen LogP contribution in [-0.4, -0.2) is 13.6 Å². The van der Waals surface area contributed by atoms with E-state index in [1.54, 1.807) is 0 Å². The van der Waals surface area contributed by atoms with Gasteiger partial charge in [0.25, 0.3) is 0 Å². The summed E-state index contributed by atoms with van der Waals surface area (Å²) < 4.78 is 0. The number of benzene rings is 1. The van der Waals surface area contributed by atoms with Gasteiger partial charge in [0.1, 0.15) is 0 Å². The summed E-state index contributed by atoms with van der Waals surface area (Å²) in [5.74, 6) is 0. The fourth-order valence-electron chi connectivity index (χ4n) is 1.45. The Morgan fingerprint density at radius 1 is 1.38 bits per heavy atom. The Morgan fingerprint density at radius 3 is 2.69 bits per heavy atom. The molecule has 72 valence electrons. The van der Waals surface area contributed by atoms with Crippen LogP contribution in [0.2, 0.25) is 0 Å². The topological polar surface area (TPSA) is 29.3 Å². The Kier molecular flexibility index (Phi) is 3.18. The molecule has 0 heterocycles. The molecule has 0 aliphatic heterocycles. The van der Waals surface area contributed by atoms with Crippen LogP contribution >= 0.6 is 0 Å². The minimum absolute atomic E-state index is 0.901. The molecule has 0 aliphatic carbocycles. The van der Waals surface area contributed by atoms with Crippen LogP contribution in [0.1, 0.15) is 18.9 Å². The lowest BCUT2D eigenvalue weighted by Gasteiger charge is -2.21. The molecule has 0 aliphatic rings. The highest BCUT2D eigenvalue weighted by atomic mass is 15.1. The number of aryl methyl sites for hydroxylation is 1. The van der Waals surface area contributed by atoms with Crippen molar-refractivity contribution >= 4 is 11.4 Å². The first-order valence-corrected chi connectivity index (χ1v) is 4.73. The Morgan fingerprint density at radius 2 is 2.08 bits per heavy atom. The summed E-state index contributed by atoms with van der Waals surface area (Å²) >= 11 is 0. The molecule has 1 aromatic rings. The van der Waals surface area contributed by atoms with Crippen LogP contribution in [0, 0.1) is 6.92 Å². The monoisotopic (exact) mass is 178 g/mol. The molecular weight excluding hydrogens is 160 g/mol. The lowest BCUT2D eigenvalue weighted by atomic mass is 10.1. The third-order valence-electron chi connectivity index (χ3n) is 2.27. The molecule has 2 nitrogen and oxygen atoms in total. The highest BCUT2D eigenvalue weighted by Gasteiger charge is 2.04. The second-order valence-corrected chi connectivity index (χ2v) is 3.43. The largest absolute Gasteiger partial charge is 0.397 e. The van der Waals surface area contributed by atoms with Gasteiger partial charge in [0.15, 0.2) is 0 Å². The van der Waals surface area contributed by atoms with E-state index in [2.05, 4.69) is 24.9 Å². The molecule has 0 bridgehead atoms. The van der Waals surface area contributed by atoms with Crippen LogP contribution < -0.4 is 10.6 Å². The molecule has 2 N–H and O–H groups in total. The van der Waals surface area contributed by atoms with Crippen molar-refractivity contribution in [3.63, 3.8) is 0 Å². The van der Waals surface area contributed by atoms with E-state index in [1.807, 2.05) is 19.1 Å². The predicted molar refractivity (Wildman–Crippen MR) is 59.2 cm³/mol. The van der Waals surface area contributed by atoms with Gasteiger partial charge < -0.3 is 10.6 Å². The third kappa shape index (κ3) is 2.14. The highest BCUT2D eigenvalue weighted by molar-refractivity contribution is 5.70. The van der Waals surface area contributed by atoms with Crippen LogP contribution in [0.5, 0.6) is 0 Å². The molecular formula is C11H18N2. The van der Waals surface area contributed by atoms with Gasteiger partial charge in [-0.25, -0.2) is 0 Å². The SMILES string of the molecule is CCCN(C)c1cccc(C)c1N. The van der Waals surface area contributed by atoms with Crippen molar-refractivity contribution in [3.8, 4) is 0 Å². The number of hydrogen-bond acceptors (Lipinski definition) is 2. The number of nitrogens with two attached hydrogens (primary N) is 1. The normalized spacial score (nSPS) is 10.1. The zero-order valence-electron chi connectivity index (χ0n) is 8.67. The summed E-state index contributed by atoms with van der Waals surface area (Å²) in [6.07, 6.45) is 1.14. The minimum Gasteiger partial charge on any atom is -0.397 e. The van der Waals surface area contributed by atoms with Gasteiger partial charge in [-0.3, -0.25) is 0 Å². The first-order chi connectivity index (χ1) is 6.16. The number of para-hydroxylation sites is 1. The number of hydrogen-bond donors (Lipinski definition) is 1. The summed E-state index contributed by atoms with van der Waals surface area (Å²) in [5.41, 5.74) is 9.17. The Balaban J connectivity index is 2.93. The van der Waals surface area contributed by atoms with Crippen LogP contribution in [0.4, 0.5) is 11.4 Å². The van der Waals surface area contributed by atoms with E-state index in [9.17, 15) is 0 Å². The number of nitrogen functional groups attached to an aromatic ring is 1. The van der Waals surface area contributed by atoms with E-state index in [-0.39, 0.29) is 0 Å². The van der Waals surface area contributed by atoms with Gasteiger partial charge in [0.05, 0.1) is 11.4 Å². The maximum absolute atomic E-state index is 5.97. The van der Waals surface area contributed by atoms with Crippen LogP contribution in [0.3, 0.4) is 0 Å². The van der Waals surface area contributed by atoms with E-state index in [1.165, 1.54) is 0 Å². The third-order valence-corrected chi connectivity index (χ3v) is 2.27. The average molecular weight is 178 g/mol. The fraction of sp³-hybridized carbons (Fsp3) is 0.455. The van der Waals surface area contributed by atoms with Crippen molar-refractivity contribution in [2.45, 2.75) is 20.3 Å². The van der Waals surface area contributed by atoms with Crippen molar-refractivity contribution in [1.82, 2.24) is 0 Å². The summed E-state index contributed by atoms with van der Waals surface area (Å²) in [7, 11) is 2.08. The molecule has 0 fully saturated rings. The molecule has 0 saturated heterocycles. The summed E-state index contributed by atoms with van der Waals surface area (Å²) in [4.78, 5) is 2.20. The Labute approximate surface area is 80.4 Å². The zero-order chi connectivity index (χ0) is 9.84. The van der Waals surface area contributed by atoms with Crippen molar-refractivity contribution in [3.05, 3.63) is 23.8 Å². The van der Waals surface area contributed by atoms with E-state index >= 15 is 0 Å². The molecule has 0 radical (unpaired) electrons. The lowest BCUT2D eigenvalue weighted by molar-refractivity contribution is 0.853. The van der Waals surface area contributed by atoms with Crippen molar-refractivity contribution < 1.29 is 0 Å². The number of rotatable bonds is 3. The second kappa shape index (κ2) is 4.17. The predicted octanol–water partition coefficient (Wildman–Crippen LogP) is 2.42. The van der Waals surface area contributed by atoms with Crippen LogP contribution in [0.25, 0.3) is 0 Å². The van der Waals surface area contributed by atoms with Gasteiger partial charge in [0.2, 0.25) is 0 Å². The molecule has 0 unspecified atom stereocenters. The van der Waals surface area contributed by atoms with Crippen molar-refractivity contribution in [1.29, 1.82) is 0 Å². The molecule has 2 heteroatoms. The quantitative estimate of drug-likeness (QED) is 0.720. The van der Waals surface area contributed by atoms with Gasteiger partial charge in [0, 0.05) is 13.6 Å². The Bertz CT molecular complexity index is 281. The molecule has 1 rings (SSSR count). The summed E-state index contributed by atoms with van der Waals surface area (Å²) in [5, 5.41) is 0. The summed E-state index contributed by atoms with van der Waals surface area (Å²) in [6, 6.07) is 6.16. The average Bonchev–Trinajstić information content (AvgIpc) is 2.10. The standard InChI is InChI=1S/C11H18N2/c1-4-8-13(3)10-7-5-6-9(2)11(10)12/h5-7H,4,8,12H2,1-3H3. The van der Waals surface area contributed by atoms with E-state index in [0.717, 1.165) is 29.9 Å². The first kappa shape index (κ1) is 9.90. The van der Waals surface area contributed by atoms with Gasteiger partial charge in [-0.05, 0) is 25.0 Å². The Hall–Kier alpha value is -1.18. The first-order valence-electron chi connectivity index (χ1n) is 4.73. The molecule has 0 atom stereocenters. The fourth-order valence-corrected chi connectivity index (χ4v) is 1.45. The molecule has 0 spiro atoms. The van der Waals surface area contributed by atoms with Gasteiger partial charge in [-0.2, -0.15) is 0 Å². The molecule has 0 amide bonds. The van der Waals surface area contributed by atoms with Gasteiger partial charge >= 0.3 is 0 Å². The molecule has 1 aromatic carbocycles. The van der Waals surface area contributed by atoms with Crippen LogP contribution in [-0.2, 0) is 0 Å². The van der Waals surface area contributed by atoms with Crippen molar-refractivity contribution in [2.24, 2.45) is 0 Å². The summed E-state index contributed by atoms with van der Waals surface area (Å²) in [6.45, 7) is 5.26. The highest BCUT2D eigenvalue weighted by Crippen LogP contribution is 2.24. The van der Waals surface area contributed by atoms with E-state index < -0.39 is 0 Å². The lowest BCUT2D eigenvalue weighted by Crippen LogP contribution is -2.19. The zero-order valence-corrected chi connectivity index (χ0v) is 8.67. The minimum atomic E-state index is 0.901. The van der Waals surface area contributed by atoms with Gasteiger partial charge in [-0.15, -0.1) is 0 Å². The van der Waals surface area contributed by atoms with Crippen molar-refractivity contribution in [2.75, 3.05) is 24.2 Å². The van der Waals surface area contributed by atoms with E-state index in [0.29, 0.717) is 0 Å². The van der Waals surface area contributed by atoms with E-state index in [4.69, 9.17) is 5.73 Å². The number of anilines is 2.